The minimum atomic E-state index is 0.627. The summed E-state index contributed by atoms with van der Waals surface area (Å²) in [5.74, 6) is 1.40. The predicted molar refractivity (Wildman–Crippen MR) is 101 cm³/mol. The van der Waals surface area contributed by atoms with Gasteiger partial charge in [0.15, 0.2) is 0 Å². The van der Waals surface area contributed by atoms with Crippen molar-refractivity contribution < 1.29 is 4.74 Å². The van der Waals surface area contributed by atoms with Crippen molar-refractivity contribution in [3.8, 4) is 17.0 Å². The van der Waals surface area contributed by atoms with Crippen LogP contribution in [-0.2, 0) is 0 Å². The van der Waals surface area contributed by atoms with Crippen molar-refractivity contribution in [2.75, 3.05) is 12.5 Å². The van der Waals surface area contributed by atoms with E-state index in [9.17, 15) is 0 Å². The third-order valence-electron chi connectivity index (χ3n) is 3.86. The predicted octanol–water partition coefficient (Wildman–Crippen LogP) is 4.30. The quantitative estimate of drug-likeness (QED) is 0.559. The summed E-state index contributed by atoms with van der Waals surface area (Å²) < 4.78 is 5.40. The number of benzene rings is 2. The molecule has 0 aliphatic rings. The van der Waals surface area contributed by atoms with Crippen molar-refractivity contribution in [3.63, 3.8) is 0 Å². The van der Waals surface area contributed by atoms with Crippen LogP contribution in [0, 0.1) is 6.92 Å². The molecule has 5 heteroatoms. The van der Waals surface area contributed by atoms with Gasteiger partial charge in [0.25, 0.3) is 0 Å². The molecule has 0 saturated heterocycles. The maximum Gasteiger partial charge on any atom is 0.150 e. The van der Waals surface area contributed by atoms with Gasteiger partial charge in [0.2, 0.25) is 0 Å². The minimum Gasteiger partial charge on any atom is -0.496 e. The standard InChI is InChI=1S/C20H20N4O/c1-14-8-10-16(11-9-14)15(2)23-24-20-12-18(21-13-22-20)17-6-4-5-7-19(17)25-3/h4-13H,1-3H3,(H,21,22,24)/b23-15+. The van der Waals surface area contributed by atoms with Crippen molar-refractivity contribution in [2.24, 2.45) is 5.10 Å². The lowest BCUT2D eigenvalue weighted by atomic mass is 10.1. The SMILES string of the molecule is COc1ccccc1-c1cc(N/N=C(\C)c2ccc(C)cc2)ncn1. The first kappa shape index (κ1) is 16.6. The molecule has 0 fully saturated rings. The second-order valence-corrected chi connectivity index (χ2v) is 5.66. The Morgan fingerprint density at radius 3 is 2.56 bits per heavy atom. The van der Waals surface area contributed by atoms with Crippen LogP contribution in [0.1, 0.15) is 18.1 Å². The molecule has 126 valence electrons. The van der Waals surface area contributed by atoms with Crippen molar-refractivity contribution in [3.05, 3.63) is 72.1 Å². The second kappa shape index (κ2) is 7.57. The zero-order valence-electron chi connectivity index (χ0n) is 14.5. The lowest BCUT2D eigenvalue weighted by molar-refractivity contribution is 0.416. The molecule has 0 amide bonds. The van der Waals surface area contributed by atoms with E-state index < -0.39 is 0 Å². The Labute approximate surface area is 147 Å². The fourth-order valence-electron chi connectivity index (χ4n) is 2.42. The van der Waals surface area contributed by atoms with E-state index in [1.54, 1.807) is 7.11 Å². The molecule has 1 aromatic heterocycles. The number of aromatic nitrogens is 2. The molecule has 0 unspecified atom stereocenters. The van der Waals surface area contributed by atoms with Gasteiger partial charge in [-0.1, -0.05) is 42.0 Å². The number of ether oxygens (including phenoxy) is 1. The van der Waals surface area contributed by atoms with E-state index in [0.29, 0.717) is 5.82 Å². The average Bonchev–Trinajstić information content (AvgIpc) is 2.67. The van der Waals surface area contributed by atoms with E-state index in [1.807, 2.05) is 37.3 Å². The molecule has 1 heterocycles. The van der Waals surface area contributed by atoms with Crippen molar-refractivity contribution in [1.82, 2.24) is 9.97 Å². The molecule has 0 aliphatic carbocycles. The third kappa shape index (κ3) is 4.01. The van der Waals surface area contributed by atoms with Crippen LogP contribution in [0.5, 0.6) is 5.75 Å². The monoisotopic (exact) mass is 332 g/mol. The molecule has 3 aromatic rings. The second-order valence-electron chi connectivity index (χ2n) is 5.66. The van der Waals surface area contributed by atoms with Gasteiger partial charge in [0.1, 0.15) is 17.9 Å². The number of nitrogens with zero attached hydrogens (tertiary/aromatic N) is 3. The highest BCUT2D eigenvalue weighted by Gasteiger charge is 2.07. The molecule has 3 rings (SSSR count). The number of nitrogens with one attached hydrogen (secondary N) is 1. The van der Waals surface area contributed by atoms with Crippen LogP contribution in [-0.4, -0.2) is 22.8 Å². The maximum absolute atomic E-state index is 5.40. The Kier molecular flexibility index (Phi) is 5.04. The number of aryl methyl sites for hydroxylation is 1. The maximum atomic E-state index is 5.40. The molecule has 0 saturated carbocycles. The summed E-state index contributed by atoms with van der Waals surface area (Å²) in [5.41, 5.74) is 7.87. The number of methoxy groups -OCH3 is 1. The molecule has 1 N–H and O–H groups in total. The summed E-state index contributed by atoms with van der Waals surface area (Å²) in [6.45, 7) is 4.02. The van der Waals surface area contributed by atoms with E-state index >= 15 is 0 Å². The first-order chi connectivity index (χ1) is 12.2. The zero-order chi connectivity index (χ0) is 17.6. The smallest absolute Gasteiger partial charge is 0.150 e. The molecule has 25 heavy (non-hydrogen) atoms. The largest absolute Gasteiger partial charge is 0.496 e. The van der Waals surface area contributed by atoms with Crippen molar-refractivity contribution in [1.29, 1.82) is 0 Å². The fraction of sp³-hybridized carbons (Fsp3) is 0.150. The van der Waals surface area contributed by atoms with E-state index in [-0.39, 0.29) is 0 Å². The highest BCUT2D eigenvalue weighted by Crippen LogP contribution is 2.28. The summed E-state index contributed by atoms with van der Waals surface area (Å²) in [5, 5.41) is 4.42. The van der Waals surface area contributed by atoms with E-state index in [4.69, 9.17) is 4.74 Å². The first-order valence-electron chi connectivity index (χ1n) is 8.00. The highest BCUT2D eigenvalue weighted by molar-refractivity contribution is 5.99. The molecule has 5 nitrogen and oxygen atoms in total. The molecule has 0 bridgehead atoms. The number of hydrazone groups is 1. The van der Waals surface area contributed by atoms with E-state index in [2.05, 4.69) is 51.7 Å². The number of rotatable bonds is 5. The Morgan fingerprint density at radius 1 is 1.04 bits per heavy atom. The van der Waals surface area contributed by atoms with Crippen LogP contribution >= 0.6 is 0 Å². The van der Waals surface area contributed by atoms with Gasteiger partial charge in [-0.2, -0.15) is 5.10 Å². The summed E-state index contributed by atoms with van der Waals surface area (Å²) >= 11 is 0. The van der Waals surface area contributed by atoms with Crippen molar-refractivity contribution >= 4 is 11.5 Å². The minimum absolute atomic E-state index is 0.627. The lowest BCUT2D eigenvalue weighted by Gasteiger charge is -2.08. The van der Waals surface area contributed by atoms with Gasteiger partial charge in [-0.3, -0.25) is 5.43 Å². The first-order valence-corrected chi connectivity index (χ1v) is 8.00. The van der Waals surface area contributed by atoms with Gasteiger partial charge in [-0.05, 0) is 31.5 Å². The average molecular weight is 332 g/mol. The highest BCUT2D eigenvalue weighted by atomic mass is 16.5. The van der Waals surface area contributed by atoms with Gasteiger partial charge in [0.05, 0.1) is 18.5 Å². The van der Waals surface area contributed by atoms with Crippen LogP contribution in [0.15, 0.2) is 66.0 Å². The Hall–Kier alpha value is -3.21. The normalized spacial score (nSPS) is 11.2. The van der Waals surface area contributed by atoms with Gasteiger partial charge < -0.3 is 4.74 Å². The number of hydrogen-bond donors (Lipinski definition) is 1. The summed E-state index contributed by atoms with van der Waals surface area (Å²) in [4.78, 5) is 8.56. The molecular formula is C20H20N4O. The Bertz CT molecular complexity index is 888. The Balaban J connectivity index is 1.82. The van der Waals surface area contributed by atoms with Gasteiger partial charge in [0, 0.05) is 11.6 Å². The van der Waals surface area contributed by atoms with Crippen LogP contribution in [0.25, 0.3) is 11.3 Å². The Morgan fingerprint density at radius 2 is 1.80 bits per heavy atom. The number of para-hydroxylation sites is 1. The molecule has 0 radical (unpaired) electrons. The third-order valence-corrected chi connectivity index (χ3v) is 3.86. The molecule has 2 aromatic carbocycles. The summed E-state index contributed by atoms with van der Waals surface area (Å²) in [6.07, 6.45) is 1.51. The zero-order valence-corrected chi connectivity index (χ0v) is 14.5. The molecule has 0 spiro atoms. The molecule has 0 aliphatic heterocycles. The van der Waals surface area contributed by atoms with Gasteiger partial charge in [-0.15, -0.1) is 0 Å². The van der Waals surface area contributed by atoms with Crippen molar-refractivity contribution in [2.45, 2.75) is 13.8 Å². The van der Waals surface area contributed by atoms with E-state index in [0.717, 1.165) is 28.3 Å². The van der Waals surface area contributed by atoms with Crippen LogP contribution in [0.4, 0.5) is 5.82 Å². The van der Waals surface area contributed by atoms with E-state index in [1.165, 1.54) is 11.9 Å². The van der Waals surface area contributed by atoms with Gasteiger partial charge in [-0.25, -0.2) is 9.97 Å². The van der Waals surface area contributed by atoms with Crippen LogP contribution in [0.2, 0.25) is 0 Å². The number of anilines is 1. The molecular weight excluding hydrogens is 312 g/mol. The number of hydrogen-bond acceptors (Lipinski definition) is 5. The summed E-state index contributed by atoms with van der Waals surface area (Å²) in [7, 11) is 1.65. The van der Waals surface area contributed by atoms with Crippen LogP contribution < -0.4 is 10.2 Å². The molecule has 0 atom stereocenters. The van der Waals surface area contributed by atoms with Gasteiger partial charge >= 0.3 is 0 Å². The summed E-state index contributed by atoms with van der Waals surface area (Å²) in [6, 6.07) is 17.8. The fourth-order valence-corrected chi connectivity index (χ4v) is 2.42. The topological polar surface area (TPSA) is 59.4 Å². The lowest BCUT2D eigenvalue weighted by Crippen LogP contribution is -2.01. The van der Waals surface area contributed by atoms with Crippen LogP contribution in [0.3, 0.4) is 0 Å².